The van der Waals surface area contributed by atoms with Crippen LogP contribution < -0.4 is 10.6 Å². The Hall–Kier alpha value is -0.870. The summed E-state index contributed by atoms with van der Waals surface area (Å²) < 4.78 is 1.86. The van der Waals surface area contributed by atoms with Crippen LogP contribution in [0.3, 0.4) is 0 Å². The molecule has 4 heteroatoms. The van der Waals surface area contributed by atoms with Crippen molar-refractivity contribution in [3.63, 3.8) is 0 Å². The Morgan fingerprint density at radius 2 is 2.00 bits per heavy atom. The molecule has 0 unspecified atom stereocenters. The van der Waals surface area contributed by atoms with E-state index in [2.05, 4.69) is 42.7 Å². The molecule has 0 amide bonds. The molecule has 0 aliphatic rings. The first-order valence-corrected chi connectivity index (χ1v) is 5.83. The molecule has 0 saturated carbocycles. The number of nitrogens with one attached hydrogen (secondary N) is 2. The molecule has 0 aromatic carbocycles. The molecular weight excluding hydrogens is 200 g/mol. The summed E-state index contributed by atoms with van der Waals surface area (Å²) in [6.07, 6.45) is 2.07. The number of nitrogens with zero attached hydrogens (tertiary/aromatic N) is 2. The van der Waals surface area contributed by atoms with Gasteiger partial charge in [0.15, 0.2) is 0 Å². The highest BCUT2D eigenvalue weighted by atomic mass is 15.2. The Bertz CT molecular complexity index is 322. The lowest BCUT2D eigenvalue weighted by Gasteiger charge is -2.20. The summed E-state index contributed by atoms with van der Waals surface area (Å²) in [6, 6.07) is 0. The average molecular weight is 224 g/mol. The summed E-state index contributed by atoms with van der Waals surface area (Å²) >= 11 is 0. The third-order valence-electron chi connectivity index (χ3n) is 2.39. The van der Waals surface area contributed by atoms with E-state index in [4.69, 9.17) is 0 Å². The summed E-state index contributed by atoms with van der Waals surface area (Å²) in [6.45, 7) is 11.4. The largest absolute Gasteiger partial charge is 0.311 e. The van der Waals surface area contributed by atoms with Gasteiger partial charge in [0.05, 0.1) is 5.69 Å². The molecule has 0 atom stereocenters. The Balaban J connectivity index is 2.19. The minimum atomic E-state index is 0.200. The standard InChI is InChI=1S/C12H24N4/c1-10-11(9-16(5)15-10)8-13-6-7-14-12(2,3)4/h9,13-14H,6-8H2,1-5H3. The Morgan fingerprint density at radius 1 is 1.31 bits per heavy atom. The minimum absolute atomic E-state index is 0.200. The molecular formula is C12H24N4. The predicted octanol–water partition coefficient (Wildman–Crippen LogP) is 1.21. The molecule has 0 bridgehead atoms. The van der Waals surface area contributed by atoms with Crippen LogP contribution in [0.1, 0.15) is 32.0 Å². The maximum absolute atomic E-state index is 4.31. The zero-order valence-corrected chi connectivity index (χ0v) is 11.1. The van der Waals surface area contributed by atoms with Crippen molar-refractivity contribution in [3.05, 3.63) is 17.5 Å². The zero-order chi connectivity index (χ0) is 12.2. The van der Waals surface area contributed by atoms with E-state index in [0.717, 1.165) is 25.3 Å². The molecule has 1 aromatic rings. The van der Waals surface area contributed by atoms with Crippen molar-refractivity contribution in [2.45, 2.75) is 39.8 Å². The van der Waals surface area contributed by atoms with Crippen LogP contribution in [0.15, 0.2) is 6.20 Å². The van der Waals surface area contributed by atoms with Gasteiger partial charge >= 0.3 is 0 Å². The molecule has 0 aliphatic heterocycles. The van der Waals surface area contributed by atoms with E-state index < -0.39 is 0 Å². The molecule has 1 rings (SSSR count). The smallest absolute Gasteiger partial charge is 0.0638 e. The fourth-order valence-electron chi connectivity index (χ4n) is 1.57. The number of aryl methyl sites for hydroxylation is 2. The van der Waals surface area contributed by atoms with Crippen LogP contribution in [0.25, 0.3) is 0 Å². The topological polar surface area (TPSA) is 41.9 Å². The summed E-state index contributed by atoms with van der Waals surface area (Å²) in [5, 5.41) is 11.2. The molecule has 4 nitrogen and oxygen atoms in total. The van der Waals surface area contributed by atoms with Gasteiger partial charge in [0.1, 0.15) is 0 Å². The third kappa shape index (κ3) is 4.77. The first-order valence-electron chi connectivity index (χ1n) is 5.83. The summed E-state index contributed by atoms with van der Waals surface area (Å²) in [5.74, 6) is 0. The van der Waals surface area contributed by atoms with Gasteiger partial charge in [0, 0.05) is 44.0 Å². The summed E-state index contributed by atoms with van der Waals surface area (Å²) in [5.41, 5.74) is 2.59. The van der Waals surface area contributed by atoms with Crippen LogP contribution in [-0.2, 0) is 13.6 Å². The second-order valence-electron chi connectivity index (χ2n) is 5.27. The summed E-state index contributed by atoms with van der Waals surface area (Å²) in [4.78, 5) is 0. The Morgan fingerprint density at radius 3 is 2.50 bits per heavy atom. The van der Waals surface area contributed by atoms with Gasteiger partial charge in [-0.05, 0) is 27.7 Å². The fourth-order valence-corrected chi connectivity index (χ4v) is 1.57. The number of hydrogen-bond acceptors (Lipinski definition) is 3. The molecule has 0 saturated heterocycles. The number of rotatable bonds is 5. The third-order valence-corrected chi connectivity index (χ3v) is 2.39. The molecule has 0 spiro atoms. The normalized spacial score (nSPS) is 12.1. The van der Waals surface area contributed by atoms with Crippen LogP contribution >= 0.6 is 0 Å². The van der Waals surface area contributed by atoms with E-state index in [0.29, 0.717) is 0 Å². The lowest BCUT2D eigenvalue weighted by Crippen LogP contribution is -2.40. The van der Waals surface area contributed by atoms with Gasteiger partial charge in [0.25, 0.3) is 0 Å². The summed E-state index contributed by atoms with van der Waals surface area (Å²) in [7, 11) is 1.96. The molecule has 0 aliphatic carbocycles. The van der Waals surface area contributed by atoms with Gasteiger partial charge in [-0.25, -0.2) is 0 Å². The maximum Gasteiger partial charge on any atom is 0.0638 e. The maximum atomic E-state index is 4.31. The Labute approximate surface area is 98.4 Å². The van der Waals surface area contributed by atoms with Crippen molar-refractivity contribution in [1.82, 2.24) is 20.4 Å². The van der Waals surface area contributed by atoms with Crippen molar-refractivity contribution in [2.75, 3.05) is 13.1 Å². The molecule has 16 heavy (non-hydrogen) atoms. The zero-order valence-electron chi connectivity index (χ0n) is 11.1. The minimum Gasteiger partial charge on any atom is -0.311 e. The van der Waals surface area contributed by atoms with Crippen LogP contribution in [-0.4, -0.2) is 28.4 Å². The number of aromatic nitrogens is 2. The monoisotopic (exact) mass is 224 g/mol. The van der Waals surface area contributed by atoms with Crippen molar-refractivity contribution in [3.8, 4) is 0 Å². The molecule has 92 valence electrons. The highest BCUT2D eigenvalue weighted by molar-refractivity contribution is 5.14. The van der Waals surface area contributed by atoms with E-state index in [1.54, 1.807) is 0 Å². The van der Waals surface area contributed by atoms with Crippen LogP contribution in [0.2, 0.25) is 0 Å². The van der Waals surface area contributed by atoms with Crippen LogP contribution in [0.5, 0.6) is 0 Å². The molecule has 2 N–H and O–H groups in total. The molecule has 0 fully saturated rings. The Kier molecular flexibility index (Phi) is 4.50. The SMILES string of the molecule is Cc1nn(C)cc1CNCCNC(C)(C)C. The number of hydrogen-bond donors (Lipinski definition) is 2. The van der Waals surface area contributed by atoms with E-state index >= 15 is 0 Å². The first-order chi connectivity index (χ1) is 7.38. The van der Waals surface area contributed by atoms with E-state index in [9.17, 15) is 0 Å². The quantitative estimate of drug-likeness (QED) is 0.739. The van der Waals surface area contributed by atoms with Gasteiger partial charge < -0.3 is 10.6 Å². The van der Waals surface area contributed by atoms with E-state index in [1.807, 2.05) is 18.7 Å². The van der Waals surface area contributed by atoms with Gasteiger partial charge in [-0.1, -0.05) is 0 Å². The predicted molar refractivity (Wildman–Crippen MR) is 67.4 cm³/mol. The van der Waals surface area contributed by atoms with Crippen molar-refractivity contribution >= 4 is 0 Å². The van der Waals surface area contributed by atoms with E-state index in [-0.39, 0.29) is 5.54 Å². The van der Waals surface area contributed by atoms with Gasteiger partial charge in [-0.2, -0.15) is 5.10 Å². The van der Waals surface area contributed by atoms with Crippen molar-refractivity contribution in [2.24, 2.45) is 7.05 Å². The fraction of sp³-hybridized carbons (Fsp3) is 0.750. The van der Waals surface area contributed by atoms with Gasteiger partial charge in [-0.15, -0.1) is 0 Å². The lowest BCUT2D eigenvalue weighted by atomic mass is 10.1. The van der Waals surface area contributed by atoms with Gasteiger partial charge in [-0.3, -0.25) is 4.68 Å². The average Bonchev–Trinajstić information content (AvgIpc) is 2.42. The van der Waals surface area contributed by atoms with E-state index in [1.165, 1.54) is 5.56 Å². The molecule has 1 heterocycles. The lowest BCUT2D eigenvalue weighted by molar-refractivity contribution is 0.421. The van der Waals surface area contributed by atoms with Gasteiger partial charge in [0.2, 0.25) is 0 Å². The van der Waals surface area contributed by atoms with Crippen molar-refractivity contribution in [1.29, 1.82) is 0 Å². The highest BCUT2D eigenvalue weighted by Gasteiger charge is 2.07. The second-order valence-corrected chi connectivity index (χ2v) is 5.27. The second kappa shape index (κ2) is 5.46. The molecule has 0 radical (unpaired) electrons. The first kappa shape index (κ1) is 13.2. The van der Waals surface area contributed by atoms with Crippen LogP contribution in [0, 0.1) is 6.92 Å². The highest BCUT2D eigenvalue weighted by Crippen LogP contribution is 2.03. The van der Waals surface area contributed by atoms with Crippen LogP contribution in [0.4, 0.5) is 0 Å². The molecule has 1 aromatic heterocycles. The van der Waals surface area contributed by atoms with Crippen molar-refractivity contribution < 1.29 is 0 Å².